The van der Waals surface area contributed by atoms with E-state index in [9.17, 15) is 24.9 Å². The van der Waals surface area contributed by atoms with Crippen LogP contribution in [0.25, 0.3) is 0 Å². The second-order valence-corrected chi connectivity index (χ2v) is 8.82. The Morgan fingerprint density at radius 1 is 1.19 bits per heavy atom. The SMILES string of the molecule is CC(C)=CCc1ccc(O)c(C(=O)O)c1C(=O)c1cc(C)cc2c1OC(C(C)(C)O)CO2. The quantitative estimate of drug-likeness (QED) is 0.459. The average molecular weight is 440 g/mol. The number of hydrogen-bond acceptors (Lipinski definition) is 6. The molecule has 3 N–H and O–H groups in total. The number of fused-ring (bicyclic) bond motifs is 1. The van der Waals surface area contributed by atoms with E-state index in [-0.39, 0.29) is 23.5 Å². The van der Waals surface area contributed by atoms with Crippen LogP contribution in [0.4, 0.5) is 0 Å². The summed E-state index contributed by atoms with van der Waals surface area (Å²) in [7, 11) is 0. The minimum Gasteiger partial charge on any atom is -0.507 e. The summed E-state index contributed by atoms with van der Waals surface area (Å²) in [4.78, 5) is 25.8. The minimum absolute atomic E-state index is 0.100. The van der Waals surface area contributed by atoms with Crippen LogP contribution in [0.3, 0.4) is 0 Å². The molecule has 7 heteroatoms. The van der Waals surface area contributed by atoms with Gasteiger partial charge in [0.25, 0.3) is 0 Å². The van der Waals surface area contributed by atoms with Crippen molar-refractivity contribution in [3.05, 3.63) is 63.7 Å². The maximum Gasteiger partial charge on any atom is 0.340 e. The Morgan fingerprint density at radius 2 is 1.88 bits per heavy atom. The summed E-state index contributed by atoms with van der Waals surface area (Å²) in [6.07, 6.45) is 1.48. The molecule has 1 aliphatic heterocycles. The number of allylic oxidation sites excluding steroid dienone is 2. The molecule has 1 unspecified atom stereocenters. The molecule has 0 saturated carbocycles. The summed E-state index contributed by atoms with van der Waals surface area (Å²) >= 11 is 0. The number of aliphatic hydroxyl groups is 1. The molecule has 32 heavy (non-hydrogen) atoms. The fourth-order valence-electron chi connectivity index (χ4n) is 3.56. The lowest BCUT2D eigenvalue weighted by Gasteiger charge is -2.35. The first-order valence-electron chi connectivity index (χ1n) is 10.3. The lowest BCUT2D eigenvalue weighted by atomic mass is 9.89. The van der Waals surface area contributed by atoms with Gasteiger partial charge in [-0.25, -0.2) is 4.79 Å². The molecule has 2 aromatic carbocycles. The largest absolute Gasteiger partial charge is 0.507 e. The van der Waals surface area contributed by atoms with Gasteiger partial charge in [0.05, 0.1) is 11.2 Å². The number of carbonyl (C=O) groups is 2. The second kappa shape index (κ2) is 8.67. The van der Waals surface area contributed by atoms with Gasteiger partial charge in [-0.05, 0) is 70.4 Å². The lowest BCUT2D eigenvalue weighted by molar-refractivity contribution is -0.0655. The maximum atomic E-state index is 13.8. The van der Waals surface area contributed by atoms with E-state index in [0.29, 0.717) is 17.7 Å². The molecular weight excluding hydrogens is 412 g/mol. The molecule has 0 saturated heterocycles. The van der Waals surface area contributed by atoms with Crippen LogP contribution in [0, 0.1) is 6.92 Å². The van der Waals surface area contributed by atoms with Crippen molar-refractivity contribution in [2.24, 2.45) is 0 Å². The van der Waals surface area contributed by atoms with Crippen molar-refractivity contribution in [3.63, 3.8) is 0 Å². The topological polar surface area (TPSA) is 113 Å². The molecule has 0 aliphatic carbocycles. The van der Waals surface area contributed by atoms with E-state index < -0.39 is 34.8 Å². The number of benzene rings is 2. The number of carbonyl (C=O) groups excluding carboxylic acids is 1. The first-order valence-corrected chi connectivity index (χ1v) is 10.3. The number of aromatic hydroxyl groups is 1. The van der Waals surface area contributed by atoms with Crippen LogP contribution in [0.15, 0.2) is 35.9 Å². The summed E-state index contributed by atoms with van der Waals surface area (Å²) in [5.74, 6) is -2.01. The molecule has 3 rings (SSSR count). The van der Waals surface area contributed by atoms with Crippen molar-refractivity contribution in [1.29, 1.82) is 0 Å². The van der Waals surface area contributed by atoms with Gasteiger partial charge in [0.1, 0.15) is 17.9 Å². The van der Waals surface area contributed by atoms with E-state index >= 15 is 0 Å². The molecule has 0 radical (unpaired) electrons. The Labute approximate surface area is 186 Å². The number of phenols is 1. The van der Waals surface area contributed by atoms with Gasteiger partial charge >= 0.3 is 5.97 Å². The molecule has 2 aromatic rings. The highest BCUT2D eigenvalue weighted by molar-refractivity contribution is 6.17. The third-order valence-corrected chi connectivity index (χ3v) is 5.32. The Hall–Kier alpha value is -3.32. The normalized spacial score (nSPS) is 15.2. The zero-order valence-electron chi connectivity index (χ0n) is 18.9. The van der Waals surface area contributed by atoms with Crippen LogP contribution >= 0.6 is 0 Å². The zero-order chi connectivity index (χ0) is 23.8. The lowest BCUT2D eigenvalue weighted by Crippen LogP contribution is -2.46. The van der Waals surface area contributed by atoms with E-state index in [2.05, 4.69) is 0 Å². The molecular formula is C25H28O7. The van der Waals surface area contributed by atoms with Crippen molar-refractivity contribution < 1.29 is 34.4 Å². The summed E-state index contributed by atoms with van der Waals surface area (Å²) in [6.45, 7) is 8.85. The number of aryl methyl sites for hydroxylation is 1. The third kappa shape index (κ3) is 4.62. The second-order valence-electron chi connectivity index (χ2n) is 8.82. The number of hydrogen-bond donors (Lipinski definition) is 3. The highest BCUT2D eigenvalue weighted by Crippen LogP contribution is 2.40. The summed E-state index contributed by atoms with van der Waals surface area (Å²) in [5.41, 5.74) is 0.524. The van der Waals surface area contributed by atoms with Crippen LogP contribution < -0.4 is 9.47 Å². The number of ether oxygens (including phenoxy) is 2. The molecule has 0 aromatic heterocycles. The first kappa shape index (κ1) is 23.3. The standard InChI is InChI=1S/C25H28O7/c1-13(2)6-7-15-8-9-17(26)21(24(28)29)20(15)22(27)16-10-14(3)11-18-23(16)32-19(12-31-18)25(4,5)30/h6,8-11,19,26,30H,7,12H2,1-5H3,(H,28,29). The highest BCUT2D eigenvalue weighted by atomic mass is 16.6. The molecule has 1 aliphatic rings. The first-order chi connectivity index (χ1) is 14.9. The van der Waals surface area contributed by atoms with Crippen molar-refractivity contribution in [1.82, 2.24) is 0 Å². The Balaban J connectivity index is 2.22. The van der Waals surface area contributed by atoms with Gasteiger partial charge in [-0.2, -0.15) is 0 Å². The van der Waals surface area contributed by atoms with Crippen molar-refractivity contribution >= 4 is 11.8 Å². The van der Waals surface area contributed by atoms with Gasteiger partial charge in [-0.15, -0.1) is 0 Å². The van der Waals surface area contributed by atoms with Crippen LogP contribution in [-0.4, -0.2) is 45.4 Å². The van der Waals surface area contributed by atoms with Gasteiger partial charge < -0.3 is 24.8 Å². The van der Waals surface area contributed by atoms with Gasteiger partial charge in [-0.3, -0.25) is 4.79 Å². The molecule has 1 heterocycles. The molecule has 170 valence electrons. The van der Waals surface area contributed by atoms with E-state index in [1.54, 1.807) is 39.0 Å². The third-order valence-electron chi connectivity index (χ3n) is 5.32. The summed E-state index contributed by atoms with van der Waals surface area (Å²) < 4.78 is 11.7. The van der Waals surface area contributed by atoms with Crippen molar-refractivity contribution in [2.75, 3.05) is 6.61 Å². The molecule has 7 nitrogen and oxygen atoms in total. The summed E-state index contributed by atoms with van der Waals surface area (Å²) in [6, 6.07) is 6.15. The smallest absolute Gasteiger partial charge is 0.340 e. The number of aromatic carboxylic acids is 1. The van der Waals surface area contributed by atoms with Gasteiger partial charge in [0.2, 0.25) is 0 Å². The Morgan fingerprint density at radius 3 is 2.47 bits per heavy atom. The van der Waals surface area contributed by atoms with Crippen molar-refractivity contribution in [2.45, 2.75) is 52.7 Å². The molecule has 0 bridgehead atoms. The predicted octanol–water partition coefficient (Wildman–Crippen LogP) is 4.05. The molecule has 0 fully saturated rings. The minimum atomic E-state index is -1.40. The van der Waals surface area contributed by atoms with Gasteiger partial charge in [0.15, 0.2) is 23.4 Å². The number of rotatable bonds is 6. The fourth-order valence-corrected chi connectivity index (χ4v) is 3.56. The van der Waals surface area contributed by atoms with Crippen molar-refractivity contribution in [3.8, 4) is 17.2 Å². The fraction of sp³-hybridized carbons (Fsp3) is 0.360. The number of carboxylic acid groups (broad SMARTS) is 1. The Bertz CT molecular complexity index is 1100. The monoisotopic (exact) mass is 440 g/mol. The average Bonchev–Trinajstić information content (AvgIpc) is 2.69. The molecule has 0 spiro atoms. The van der Waals surface area contributed by atoms with Crippen LogP contribution in [0.2, 0.25) is 0 Å². The highest BCUT2D eigenvalue weighted by Gasteiger charge is 2.37. The van der Waals surface area contributed by atoms with Crippen LogP contribution in [-0.2, 0) is 6.42 Å². The summed E-state index contributed by atoms with van der Waals surface area (Å²) in [5, 5.41) is 30.4. The van der Waals surface area contributed by atoms with Gasteiger partial charge in [-0.1, -0.05) is 17.7 Å². The molecule has 1 atom stereocenters. The van der Waals surface area contributed by atoms with E-state index in [4.69, 9.17) is 9.47 Å². The van der Waals surface area contributed by atoms with Crippen LogP contribution in [0.1, 0.15) is 65.1 Å². The zero-order valence-corrected chi connectivity index (χ0v) is 18.9. The number of ketones is 1. The van der Waals surface area contributed by atoms with Gasteiger partial charge in [0, 0.05) is 5.56 Å². The maximum absolute atomic E-state index is 13.8. The van der Waals surface area contributed by atoms with E-state index in [1.165, 1.54) is 6.07 Å². The van der Waals surface area contributed by atoms with E-state index in [1.807, 2.05) is 19.9 Å². The van der Waals surface area contributed by atoms with E-state index in [0.717, 1.165) is 11.1 Å². The predicted molar refractivity (Wildman–Crippen MR) is 119 cm³/mol. The molecule has 0 amide bonds. The van der Waals surface area contributed by atoms with Crippen LogP contribution in [0.5, 0.6) is 17.2 Å². The number of carboxylic acids is 1. The Kier molecular flexibility index (Phi) is 6.32.